The first-order chi connectivity index (χ1) is 8.33. The maximum Gasteiger partial charge on any atom is 0.126 e. The van der Waals surface area contributed by atoms with Gasteiger partial charge in [-0.3, -0.25) is 4.68 Å². The maximum absolute atomic E-state index is 4.62. The molecule has 0 saturated heterocycles. The van der Waals surface area contributed by atoms with Gasteiger partial charge in [0.25, 0.3) is 0 Å². The van der Waals surface area contributed by atoms with Crippen LogP contribution in [-0.4, -0.2) is 28.4 Å². The first-order valence-electron chi connectivity index (χ1n) is 5.95. The smallest absolute Gasteiger partial charge is 0.126 e. The molecule has 17 heavy (non-hydrogen) atoms. The third-order valence-corrected chi connectivity index (χ3v) is 3.46. The Balaban J connectivity index is 2.07. The lowest BCUT2D eigenvalue weighted by Crippen LogP contribution is -2.10. The minimum Gasteiger partial charge on any atom is -0.319 e. The molecule has 0 unspecified atom stereocenters. The topological polar surface area (TPSA) is 42.7 Å². The molecule has 1 N–H and O–H groups in total. The number of aryl methyl sites for hydroxylation is 1. The van der Waals surface area contributed by atoms with Crippen LogP contribution < -0.4 is 5.32 Å². The van der Waals surface area contributed by atoms with E-state index >= 15 is 0 Å². The lowest BCUT2D eigenvalue weighted by molar-refractivity contribution is 0.603. The van der Waals surface area contributed by atoms with Gasteiger partial charge in [0.2, 0.25) is 0 Å². The Bertz CT molecular complexity index is 461. The van der Waals surface area contributed by atoms with Crippen LogP contribution in [0.4, 0.5) is 0 Å². The van der Waals surface area contributed by atoms with Gasteiger partial charge in [-0.2, -0.15) is 5.10 Å². The number of hydrogen-bond acceptors (Lipinski definition) is 4. The van der Waals surface area contributed by atoms with Gasteiger partial charge in [-0.05, 0) is 13.5 Å². The van der Waals surface area contributed by atoms with E-state index in [0.29, 0.717) is 0 Å². The molecule has 0 spiro atoms. The molecule has 2 heterocycles. The minimum absolute atomic E-state index is 0.970. The van der Waals surface area contributed by atoms with Gasteiger partial charge in [0.05, 0.1) is 11.9 Å². The van der Waals surface area contributed by atoms with E-state index in [-0.39, 0.29) is 0 Å². The summed E-state index contributed by atoms with van der Waals surface area (Å²) in [5, 5.41) is 10.7. The standard InChI is InChI=1S/C12H18N4S/c1-3-6-16-8-10(7-14-16)12-15-11(9-17-12)4-5-13-2/h7-9,13H,3-6H2,1-2H3. The summed E-state index contributed by atoms with van der Waals surface area (Å²) in [5.41, 5.74) is 2.28. The second-order valence-corrected chi connectivity index (χ2v) is 4.85. The zero-order valence-electron chi connectivity index (χ0n) is 10.3. The Morgan fingerprint density at radius 1 is 1.47 bits per heavy atom. The van der Waals surface area contributed by atoms with Gasteiger partial charge in [-0.15, -0.1) is 11.3 Å². The maximum atomic E-state index is 4.62. The van der Waals surface area contributed by atoms with Crippen molar-refractivity contribution < 1.29 is 0 Å². The number of likely N-dealkylation sites (N-methyl/N-ethyl adjacent to an activating group) is 1. The van der Waals surface area contributed by atoms with E-state index in [9.17, 15) is 0 Å². The highest BCUT2D eigenvalue weighted by molar-refractivity contribution is 7.13. The van der Waals surface area contributed by atoms with E-state index in [1.165, 1.54) is 0 Å². The van der Waals surface area contributed by atoms with Crippen LogP contribution in [0, 0.1) is 0 Å². The second-order valence-electron chi connectivity index (χ2n) is 3.99. The molecule has 0 fully saturated rings. The fraction of sp³-hybridized carbons (Fsp3) is 0.500. The van der Waals surface area contributed by atoms with Crippen LogP contribution in [-0.2, 0) is 13.0 Å². The van der Waals surface area contributed by atoms with Crippen LogP contribution in [0.5, 0.6) is 0 Å². The molecule has 0 saturated carbocycles. The number of rotatable bonds is 6. The summed E-state index contributed by atoms with van der Waals surface area (Å²) in [7, 11) is 1.96. The molecule has 0 aromatic carbocycles. The highest BCUT2D eigenvalue weighted by Gasteiger charge is 2.06. The van der Waals surface area contributed by atoms with Gasteiger partial charge >= 0.3 is 0 Å². The summed E-state index contributed by atoms with van der Waals surface area (Å²) in [6, 6.07) is 0. The fourth-order valence-corrected chi connectivity index (χ4v) is 2.46. The first-order valence-corrected chi connectivity index (χ1v) is 6.83. The molecule has 0 amide bonds. The molecule has 0 aliphatic rings. The van der Waals surface area contributed by atoms with Crippen molar-refractivity contribution in [3.8, 4) is 10.6 Å². The summed E-state index contributed by atoms with van der Waals surface area (Å²) < 4.78 is 1.98. The normalized spacial score (nSPS) is 10.9. The number of nitrogens with one attached hydrogen (secondary N) is 1. The van der Waals surface area contributed by atoms with Gasteiger partial charge in [-0.1, -0.05) is 6.92 Å². The lowest BCUT2D eigenvalue weighted by Gasteiger charge is -1.95. The van der Waals surface area contributed by atoms with Crippen LogP contribution in [0.25, 0.3) is 10.6 Å². The monoisotopic (exact) mass is 250 g/mol. The first kappa shape index (κ1) is 12.3. The zero-order chi connectivity index (χ0) is 12.1. The summed E-state index contributed by atoms with van der Waals surface area (Å²) in [6.45, 7) is 4.09. The van der Waals surface area contributed by atoms with Gasteiger partial charge in [0, 0.05) is 36.7 Å². The Labute approximate surface area is 106 Å². The van der Waals surface area contributed by atoms with Crippen molar-refractivity contribution in [1.82, 2.24) is 20.1 Å². The molecule has 0 aliphatic heterocycles. The van der Waals surface area contributed by atoms with Crippen molar-refractivity contribution in [3.63, 3.8) is 0 Å². The number of hydrogen-bond donors (Lipinski definition) is 1. The predicted molar refractivity (Wildman–Crippen MR) is 71.3 cm³/mol. The number of aromatic nitrogens is 3. The summed E-state index contributed by atoms with van der Waals surface area (Å²) in [4.78, 5) is 4.62. The highest BCUT2D eigenvalue weighted by atomic mass is 32.1. The van der Waals surface area contributed by atoms with E-state index in [0.717, 1.165) is 42.2 Å². The van der Waals surface area contributed by atoms with Crippen LogP contribution in [0.2, 0.25) is 0 Å². The third kappa shape index (κ3) is 3.14. The van der Waals surface area contributed by atoms with Crippen molar-refractivity contribution in [3.05, 3.63) is 23.5 Å². The molecule has 0 radical (unpaired) electrons. The summed E-state index contributed by atoms with van der Waals surface area (Å²) in [6.07, 6.45) is 6.06. The van der Waals surface area contributed by atoms with Gasteiger partial charge in [0.1, 0.15) is 5.01 Å². The highest BCUT2D eigenvalue weighted by Crippen LogP contribution is 2.23. The molecule has 5 heteroatoms. The summed E-state index contributed by atoms with van der Waals surface area (Å²) >= 11 is 1.69. The van der Waals surface area contributed by atoms with Crippen molar-refractivity contribution >= 4 is 11.3 Å². The lowest BCUT2D eigenvalue weighted by atomic mass is 10.3. The van der Waals surface area contributed by atoms with E-state index in [2.05, 4.69) is 33.9 Å². The van der Waals surface area contributed by atoms with E-state index < -0.39 is 0 Å². The van der Waals surface area contributed by atoms with Gasteiger partial charge in [0.15, 0.2) is 0 Å². The quantitative estimate of drug-likeness (QED) is 0.854. The molecule has 4 nitrogen and oxygen atoms in total. The second kappa shape index (κ2) is 5.93. The molecular weight excluding hydrogens is 232 g/mol. The molecule has 0 bridgehead atoms. The predicted octanol–water partition coefficient (Wildman–Crippen LogP) is 2.18. The van der Waals surface area contributed by atoms with Crippen molar-refractivity contribution in [1.29, 1.82) is 0 Å². The van der Waals surface area contributed by atoms with Gasteiger partial charge in [-0.25, -0.2) is 4.98 Å². The Morgan fingerprint density at radius 3 is 3.12 bits per heavy atom. The van der Waals surface area contributed by atoms with Crippen molar-refractivity contribution in [2.45, 2.75) is 26.3 Å². The Kier molecular flexibility index (Phi) is 4.28. The molecule has 2 aromatic heterocycles. The van der Waals surface area contributed by atoms with Crippen molar-refractivity contribution in [2.75, 3.05) is 13.6 Å². The molecule has 2 rings (SSSR count). The largest absolute Gasteiger partial charge is 0.319 e. The minimum atomic E-state index is 0.970. The average Bonchev–Trinajstić information content (AvgIpc) is 2.95. The third-order valence-electron chi connectivity index (χ3n) is 2.52. The molecule has 0 aliphatic carbocycles. The van der Waals surface area contributed by atoms with Crippen LogP contribution in [0.3, 0.4) is 0 Å². The van der Waals surface area contributed by atoms with E-state index in [1.54, 1.807) is 11.3 Å². The summed E-state index contributed by atoms with van der Waals surface area (Å²) in [5.74, 6) is 0. The zero-order valence-corrected chi connectivity index (χ0v) is 11.1. The van der Waals surface area contributed by atoms with E-state index in [4.69, 9.17) is 0 Å². The molecule has 2 aromatic rings. The van der Waals surface area contributed by atoms with Gasteiger partial charge < -0.3 is 5.32 Å². The molecule has 0 atom stereocenters. The van der Waals surface area contributed by atoms with Crippen molar-refractivity contribution in [2.24, 2.45) is 0 Å². The Hall–Kier alpha value is -1.20. The average molecular weight is 250 g/mol. The molecule has 92 valence electrons. The fourth-order valence-electron chi connectivity index (χ4n) is 1.63. The van der Waals surface area contributed by atoms with E-state index in [1.807, 2.05) is 17.9 Å². The van der Waals surface area contributed by atoms with Crippen LogP contribution in [0.1, 0.15) is 19.0 Å². The number of nitrogens with zero attached hydrogens (tertiary/aromatic N) is 3. The van der Waals surface area contributed by atoms with Crippen LogP contribution >= 0.6 is 11.3 Å². The van der Waals surface area contributed by atoms with Crippen LogP contribution in [0.15, 0.2) is 17.8 Å². The number of thiazole rings is 1. The Morgan fingerprint density at radius 2 is 2.35 bits per heavy atom. The molecular formula is C12H18N4S. The SMILES string of the molecule is CCCn1cc(-c2nc(CCNC)cs2)cn1.